The summed E-state index contributed by atoms with van der Waals surface area (Å²) in [5.41, 5.74) is 1.80. The molecule has 2 aromatic carbocycles. The van der Waals surface area contributed by atoms with Gasteiger partial charge in [-0.15, -0.1) is 0 Å². The highest BCUT2D eigenvalue weighted by atomic mass is 35.6. The summed E-state index contributed by atoms with van der Waals surface area (Å²) in [6.07, 6.45) is 0.168. The summed E-state index contributed by atoms with van der Waals surface area (Å²) in [6.45, 7) is 0. The lowest BCUT2D eigenvalue weighted by Crippen LogP contribution is -2.16. The van der Waals surface area contributed by atoms with Crippen molar-refractivity contribution in [2.75, 3.05) is 0 Å². The Labute approximate surface area is 201 Å². The third-order valence-electron chi connectivity index (χ3n) is 3.91. The SMILES string of the molecule is O=C(Cc1ccc(-c2nc(C(Cl)(Cl)Cl)nc(C(Cl)(Cl)Cl)n2)cc1)c1ccc(O)cc1. The van der Waals surface area contributed by atoms with E-state index < -0.39 is 7.59 Å². The van der Waals surface area contributed by atoms with E-state index in [2.05, 4.69) is 15.0 Å². The number of hydrogen-bond acceptors (Lipinski definition) is 5. The number of nitrogens with zero attached hydrogens (tertiary/aromatic N) is 3. The van der Waals surface area contributed by atoms with E-state index in [0.717, 1.165) is 5.56 Å². The Morgan fingerprint density at radius 2 is 1.27 bits per heavy atom. The van der Waals surface area contributed by atoms with Gasteiger partial charge in [0.15, 0.2) is 23.3 Å². The van der Waals surface area contributed by atoms with Gasteiger partial charge in [-0.1, -0.05) is 93.9 Å². The van der Waals surface area contributed by atoms with Gasteiger partial charge in [-0.3, -0.25) is 4.79 Å². The van der Waals surface area contributed by atoms with Crippen molar-refractivity contribution in [2.24, 2.45) is 0 Å². The van der Waals surface area contributed by atoms with E-state index in [9.17, 15) is 9.90 Å². The van der Waals surface area contributed by atoms with E-state index in [-0.39, 0.29) is 35.4 Å². The fourth-order valence-corrected chi connectivity index (χ4v) is 2.97. The summed E-state index contributed by atoms with van der Waals surface area (Å²) in [5.74, 6) is -0.239. The van der Waals surface area contributed by atoms with E-state index in [1.54, 1.807) is 36.4 Å². The number of rotatable bonds is 4. The summed E-state index contributed by atoms with van der Waals surface area (Å²) < 4.78 is -3.89. The second-order valence-corrected chi connectivity index (χ2v) is 10.7. The molecule has 156 valence electrons. The topological polar surface area (TPSA) is 76.0 Å². The van der Waals surface area contributed by atoms with Gasteiger partial charge in [0.2, 0.25) is 7.59 Å². The molecule has 3 rings (SSSR count). The molecule has 0 saturated heterocycles. The van der Waals surface area contributed by atoms with Crippen molar-refractivity contribution in [1.82, 2.24) is 15.0 Å². The first kappa shape index (κ1) is 23.3. The Balaban J connectivity index is 1.88. The van der Waals surface area contributed by atoms with Gasteiger partial charge in [0.25, 0.3) is 0 Å². The van der Waals surface area contributed by atoms with Crippen LogP contribution in [0.1, 0.15) is 27.6 Å². The summed E-state index contributed by atoms with van der Waals surface area (Å²) >= 11 is 35.3. The van der Waals surface area contributed by atoms with Gasteiger partial charge in [0.1, 0.15) is 5.75 Å². The minimum Gasteiger partial charge on any atom is -0.508 e. The van der Waals surface area contributed by atoms with Crippen LogP contribution in [-0.2, 0) is 14.0 Å². The largest absolute Gasteiger partial charge is 0.508 e. The summed E-state index contributed by atoms with van der Waals surface area (Å²) in [6, 6.07) is 12.9. The third kappa shape index (κ3) is 5.88. The van der Waals surface area contributed by atoms with Gasteiger partial charge in [-0.25, -0.2) is 15.0 Å². The van der Waals surface area contributed by atoms with E-state index in [0.29, 0.717) is 11.1 Å². The Morgan fingerprint density at radius 1 is 0.767 bits per heavy atom. The molecule has 3 aromatic rings. The molecule has 0 spiro atoms. The highest BCUT2D eigenvalue weighted by Crippen LogP contribution is 2.40. The number of phenolic OH excluding ortho intramolecular Hbond substituents is 1. The zero-order chi connectivity index (χ0) is 22.1. The van der Waals surface area contributed by atoms with Crippen LogP contribution < -0.4 is 0 Å². The van der Waals surface area contributed by atoms with Crippen LogP contribution in [0.4, 0.5) is 0 Å². The average molecular weight is 526 g/mol. The first-order valence-corrected chi connectivity index (χ1v) is 10.5. The van der Waals surface area contributed by atoms with Gasteiger partial charge >= 0.3 is 0 Å². The number of phenols is 1. The van der Waals surface area contributed by atoms with Gasteiger partial charge in [-0.2, -0.15) is 0 Å². The molecule has 0 aliphatic rings. The number of alkyl halides is 6. The van der Waals surface area contributed by atoms with Crippen LogP contribution in [0.5, 0.6) is 5.75 Å². The zero-order valence-electron chi connectivity index (χ0n) is 14.8. The first-order chi connectivity index (χ1) is 13.9. The van der Waals surface area contributed by atoms with E-state index in [1.165, 1.54) is 12.1 Å². The predicted molar refractivity (Wildman–Crippen MR) is 120 cm³/mol. The molecule has 5 nitrogen and oxygen atoms in total. The quantitative estimate of drug-likeness (QED) is 0.318. The second-order valence-electron chi connectivity index (χ2n) is 6.15. The van der Waals surface area contributed by atoms with Gasteiger partial charge in [0.05, 0.1) is 0 Å². The number of benzene rings is 2. The standard InChI is InChI=1S/C19H11Cl6N3O2/c20-18(21,22)16-26-15(27-17(28-16)19(23,24)25)12-3-1-10(2-4-12)9-14(30)11-5-7-13(29)8-6-11/h1-8,29H,9H2. The maximum Gasteiger partial charge on any atom is 0.250 e. The summed E-state index contributed by atoms with van der Waals surface area (Å²) in [5, 5.41) is 9.33. The zero-order valence-corrected chi connectivity index (χ0v) is 19.3. The fourth-order valence-electron chi connectivity index (χ4n) is 2.47. The van der Waals surface area contributed by atoms with E-state index in [4.69, 9.17) is 69.6 Å². The molecule has 0 amide bonds. The molecule has 1 N–H and O–H groups in total. The van der Waals surface area contributed by atoms with Crippen molar-refractivity contribution in [3.63, 3.8) is 0 Å². The third-order valence-corrected chi connectivity index (χ3v) is 4.92. The van der Waals surface area contributed by atoms with Crippen molar-refractivity contribution in [2.45, 2.75) is 14.0 Å². The van der Waals surface area contributed by atoms with Crippen molar-refractivity contribution >= 4 is 75.4 Å². The van der Waals surface area contributed by atoms with Crippen LogP contribution in [0.2, 0.25) is 0 Å². The number of ketones is 1. The molecule has 30 heavy (non-hydrogen) atoms. The van der Waals surface area contributed by atoms with Gasteiger partial charge in [-0.05, 0) is 29.8 Å². The number of halogens is 6. The highest BCUT2D eigenvalue weighted by Gasteiger charge is 2.34. The van der Waals surface area contributed by atoms with E-state index in [1.807, 2.05) is 0 Å². The molecule has 1 aromatic heterocycles. The Morgan fingerprint density at radius 3 is 1.73 bits per heavy atom. The van der Waals surface area contributed by atoms with Crippen molar-refractivity contribution in [1.29, 1.82) is 0 Å². The van der Waals surface area contributed by atoms with E-state index >= 15 is 0 Å². The molecule has 0 fully saturated rings. The number of Topliss-reactive ketones (excluding diaryl/α,β-unsaturated/α-hetero) is 1. The summed E-state index contributed by atoms with van der Waals surface area (Å²) in [4.78, 5) is 24.6. The van der Waals surface area contributed by atoms with Crippen LogP contribution in [0.25, 0.3) is 11.4 Å². The van der Waals surface area contributed by atoms with Crippen LogP contribution in [0, 0.1) is 0 Å². The van der Waals surface area contributed by atoms with Gasteiger partial charge < -0.3 is 5.11 Å². The first-order valence-electron chi connectivity index (χ1n) is 8.25. The van der Waals surface area contributed by atoms with Crippen molar-refractivity contribution in [3.8, 4) is 17.1 Å². The van der Waals surface area contributed by atoms with Crippen LogP contribution in [0.3, 0.4) is 0 Å². The normalized spacial score (nSPS) is 12.1. The Bertz CT molecular complexity index is 1030. The Kier molecular flexibility index (Phi) is 7.02. The summed E-state index contributed by atoms with van der Waals surface area (Å²) in [7, 11) is 0. The molecule has 0 unspecified atom stereocenters. The Hall–Kier alpha value is -1.34. The smallest absolute Gasteiger partial charge is 0.250 e. The minimum atomic E-state index is -1.95. The molecular formula is C19H11Cl6N3O2. The van der Waals surface area contributed by atoms with Crippen LogP contribution in [0.15, 0.2) is 48.5 Å². The number of carbonyl (C=O) groups excluding carboxylic acids is 1. The molecule has 0 saturated carbocycles. The molecule has 0 aliphatic carbocycles. The molecule has 0 atom stereocenters. The van der Waals surface area contributed by atoms with Crippen molar-refractivity contribution < 1.29 is 9.90 Å². The lowest BCUT2D eigenvalue weighted by Gasteiger charge is -2.15. The number of aromatic nitrogens is 3. The fraction of sp³-hybridized carbons (Fsp3) is 0.158. The lowest BCUT2D eigenvalue weighted by atomic mass is 10.0. The highest BCUT2D eigenvalue weighted by molar-refractivity contribution is 6.67. The van der Waals surface area contributed by atoms with Crippen molar-refractivity contribution in [3.05, 3.63) is 71.3 Å². The minimum absolute atomic E-state index is 0.0942. The molecule has 1 heterocycles. The predicted octanol–water partition coefficient (Wildman–Crippen LogP) is 6.32. The number of hydrogen-bond donors (Lipinski definition) is 1. The average Bonchev–Trinajstić information content (AvgIpc) is 2.67. The number of carbonyl (C=O) groups is 1. The molecule has 0 radical (unpaired) electrons. The lowest BCUT2D eigenvalue weighted by molar-refractivity contribution is 0.0993. The van der Waals surface area contributed by atoms with Crippen LogP contribution >= 0.6 is 69.6 Å². The maximum absolute atomic E-state index is 12.4. The molecule has 0 bridgehead atoms. The molecular weight excluding hydrogens is 515 g/mol. The second kappa shape index (κ2) is 9.03. The van der Waals surface area contributed by atoms with Gasteiger partial charge in [0, 0.05) is 17.5 Å². The monoisotopic (exact) mass is 523 g/mol. The van der Waals surface area contributed by atoms with Crippen LogP contribution in [-0.4, -0.2) is 25.8 Å². The molecule has 11 heteroatoms. The molecule has 0 aliphatic heterocycles. The maximum atomic E-state index is 12.4. The number of aromatic hydroxyl groups is 1.